The van der Waals surface area contributed by atoms with Crippen LogP contribution >= 0.6 is 0 Å². The minimum Gasteiger partial charge on any atom is -0.504 e. The summed E-state index contributed by atoms with van der Waals surface area (Å²) >= 11 is 0. The molecule has 0 heterocycles. The molecular formula is C17H27NO2. The van der Waals surface area contributed by atoms with E-state index in [4.69, 9.17) is 4.74 Å². The fourth-order valence-corrected chi connectivity index (χ4v) is 3.02. The third-order valence-electron chi connectivity index (χ3n) is 4.31. The molecule has 0 unspecified atom stereocenters. The van der Waals surface area contributed by atoms with Gasteiger partial charge in [-0.25, -0.2) is 0 Å². The highest BCUT2D eigenvalue weighted by Crippen LogP contribution is 2.28. The maximum atomic E-state index is 9.70. The fourth-order valence-electron chi connectivity index (χ4n) is 3.02. The Hall–Kier alpha value is -1.22. The highest BCUT2D eigenvalue weighted by molar-refractivity contribution is 5.41. The Labute approximate surface area is 122 Å². The van der Waals surface area contributed by atoms with Crippen molar-refractivity contribution in [2.75, 3.05) is 6.61 Å². The van der Waals surface area contributed by atoms with E-state index in [1.807, 2.05) is 19.1 Å². The van der Waals surface area contributed by atoms with Crippen LogP contribution in [0.3, 0.4) is 0 Å². The number of aromatic hydroxyl groups is 1. The fraction of sp³-hybridized carbons (Fsp3) is 0.647. The molecule has 0 radical (unpaired) electrons. The van der Waals surface area contributed by atoms with Crippen molar-refractivity contribution in [2.24, 2.45) is 5.92 Å². The van der Waals surface area contributed by atoms with Gasteiger partial charge in [0.15, 0.2) is 11.5 Å². The smallest absolute Gasteiger partial charge is 0.161 e. The molecule has 2 rings (SSSR count). The van der Waals surface area contributed by atoms with Crippen molar-refractivity contribution in [1.29, 1.82) is 0 Å². The van der Waals surface area contributed by atoms with Crippen LogP contribution in [-0.4, -0.2) is 17.8 Å². The van der Waals surface area contributed by atoms with Gasteiger partial charge in [-0.05, 0) is 50.3 Å². The van der Waals surface area contributed by atoms with Crippen LogP contribution in [0.2, 0.25) is 0 Å². The molecule has 0 saturated heterocycles. The molecule has 1 aliphatic rings. The Bertz CT molecular complexity index is 413. The van der Waals surface area contributed by atoms with Gasteiger partial charge in [-0.1, -0.05) is 25.3 Å². The molecular weight excluding hydrogens is 250 g/mol. The molecule has 1 aromatic carbocycles. The van der Waals surface area contributed by atoms with Crippen LogP contribution in [0.4, 0.5) is 0 Å². The summed E-state index contributed by atoms with van der Waals surface area (Å²) in [5.41, 5.74) is 1.16. The Morgan fingerprint density at radius 1 is 1.30 bits per heavy atom. The molecule has 3 nitrogen and oxygen atoms in total. The van der Waals surface area contributed by atoms with Crippen molar-refractivity contribution in [1.82, 2.24) is 5.32 Å². The zero-order chi connectivity index (χ0) is 14.4. The maximum Gasteiger partial charge on any atom is 0.161 e. The first kappa shape index (κ1) is 15.2. The molecule has 0 amide bonds. The molecule has 0 aliphatic heterocycles. The zero-order valence-corrected chi connectivity index (χ0v) is 12.7. The molecule has 1 atom stereocenters. The van der Waals surface area contributed by atoms with E-state index in [9.17, 15) is 5.11 Å². The number of hydrogen-bond donors (Lipinski definition) is 2. The van der Waals surface area contributed by atoms with E-state index in [1.54, 1.807) is 6.07 Å². The van der Waals surface area contributed by atoms with Crippen molar-refractivity contribution in [2.45, 2.75) is 58.5 Å². The lowest BCUT2D eigenvalue weighted by Crippen LogP contribution is -2.34. The lowest BCUT2D eigenvalue weighted by molar-refractivity contribution is 0.280. The second kappa shape index (κ2) is 7.53. The molecule has 112 valence electrons. The lowest BCUT2D eigenvalue weighted by Gasteiger charge is -2.28. The number of phenolic OH excluding ortho intramolecular Hbond substituents is 1. The summed E-state index contributed by atoms with van der Waals surface area (Å²) in [5.74, 6) is 1.61. The number of hydrogen-bond acceptors (Lipinski definition) is 3. The van der Waals surface area contributed by atoms with Crippen LogP contribution in [0.25, 0.3) is 0 Å². The normalized spacial score (nSPS) is 17.9. The maximum absolute atomic E-state index is 9.70. The summed E-state index contributed by atoms with van der Waals surface area (Å²) in [7, 11) is 0. The van der Waals surface area contributed by atoms with Crippen LogP contribution in [0, 0.1) is 5.92 Å². The van der Waals surface area contributed by atoms with Gasteiger partial charge in [0.1, 0.15) is 0 Å². The van der Waals surface area contributed by atoms with Crippen molar-refractivity contribution in [3.8, 4) is 11.5 Å². The molecule has 0 aromatic heterocycles. The van der Waals surface area contributed by atoms with E-state index in [-0.39, 0.29) is 5.75 Å². The van der Waals surface area contributed by atoms with E-state index in [1.165, 1.54) is 32.1 Å². The SMILES string of the molecule is CCOc1cc(CN[C@H](C)C2CCCCC2)ccc1O. The molecule has 1 fully saturated rings. The third kappa shape index (κ3) is 4.14. The van der Waals surface area contributed by atoms with Crippen molar-refractivity contribution in [3.05, 3.63) is 23.8 Å². The van der Waals surface area contributed by atoms with E-state index in [0.717, 1.165) is 18.0 Å². The second-order valence-corrected chi connectivity index (χ2v) is 5.80. The molecule has 0 spiro atoms. The van der Waals surface area contributed by atoms with Gasteiger partial charge in [-0.2, -0.15) is 0 Å². The largest absolute Gasteiger partial charge is 0.504 e. The third-order valence-corrected chi connectivity index (χ3v) is 4.31. The number of ether oxygens (including phenoxy) is 1. The monoisotopic (exact) mass is 277 g/mol. The average Bonchev–Trinajstić information content (AvgIpc) is 2.49. The Kier molecular flexibility index (Phi) is 5.72. The van der Waals surface area contributed by atoms with Gasteiger partial charge in [0.25, 0.3) is 0 Å². The van der Waals surface area contributed by atoms with E-state index >= 15 is 0 Å². The predicted octanol–water partition coefficient (Wildman–Crippen LogP) is 3.85. The van der Waals surface area contributed by atoms with Crippen molar-refractivity contribution < 1.29 is 9.84 Å². The summed E-state index contributed by atoms with van der Waals surface area (Å²) in [6, 6.07) is 6.16. The van der Waals surface area contributed by atoms with Crippen molar-refractivity contribution >= 4 is 0 Å². The number of rotatable bonds is 6. The van der Waals surface area contributed by atoms with E-state index in [0.29, 0.717) is 18.4 Å². The molecule has 1 aliphatic carbocycles. The highest BCUT2D eigenvalue weighted by atomic mass is 16.5. The standard InChI is InChI=1S/C17H27NO2/c1-3-20-17-11-14(9-10-16(17)19)12-18-13(2)15-7-5-4-6-8-15/h9-11,13,15,18-19H,3-8,12H2,1-2H3/t13-/m1/s1. The number of benzene rings is 1. The number of phenols is 1. The first-order valence-corrected chi connectivity index (χ1v) is 7.88. The second-order valence-electron chi connectivity index (χ2n) is 5.80. The Balaban J connectivity index is 1.88. The van der Waals surface area contributed by atoms with Gasteiger partial charge in [0, 0.05) is 12.6 Å². The number of nitrogens with one attached hydrogen (secondary N) is 1. The van der Waals surface area contributed by atoms with Crippen LogP contribution in [0.15, 0.2) is 18.2 Å². The molecule has 1 aromatic rings. The quantitative estimate of drug-likeness (QED) is 0.830. The van der Waals surface area contributed by atoms with Gasteiger partial charge in [0.05, 0.1) is 6.61 Å². The van der Waals surface area contributed by atoms with Gasteiger partial charge in [-0.3, -0.25) is 0 Å². The topological polar surface area (TPSA) is 41.5 Å². The summed E-state index contributed by atoms with van der Waals surface area (Å²) < 4.78 is 5.42. The summed E-state index contributed by atoms with van der Waals surface area (Å²) in [5, 5.41) is 13.3. The Morgan fingerprint density at radius 2 is 2.05 bits per heavy atom. The van der Waals surface area contributed by atoms with Gasteiger partial charge >= 0.3 is 0 Å². The molecule has 2 N–H and O–H groups in total. The average molecular weight is 277 g/mol. The molecule has 3 heteroatoms. The van der Waals surface area contributed by atoms with E-state index in [2.05, 4.69) is 12.2 Å². The summed E-state index contributed by atoms with van der Waals surface area (Å²) in [6.45, 7) is 5.62. The minimum absolute atomic E-state index is 0.218. The van der Waals surface area contributed by atoms with Crippen LogP contribution in [0.1, 0.15) is 51.5 Å². The molecule has 1 saturated carbocycles. The summed E-state index contributed by atoms with van der Waals surface area (Å²) in [6.07, 6.45) is 6.87. The van der Waals surface area contributed by atoms with Crippen molar-refractivity contribution in [3.63, 3.8) is 0 Å². The molecule has 0 bridgehead atoms. The van der Waals surface area contributed by atoms with Crippen LogP contribution in [0.5, 0.6) is 11.5 Å². The first-order valence-electron chi connectivity index (χ1n) is 7.88. The highest BCUT2D eigenvalue weighted by Gasteiger charge is 2.19. The zero-order valence-electron chi connectivity index (χ0n) is 12.7. The lowest BCUT2D eigenvalue weighted by atomic mass is 9.84. The molecule has 20 heavy (non-hydrogen) atoms. The Morgan fingerprint density at radius 3 is 2.75 bits per heavy atom. The predicted molar refractivity (Wildman–Crippen MR) is 82.2 cm³/mol. The van der Waals surface area contributed by atoms with Gasteiger partial charge < -0.3 is 15.2 Å². The van der Waals surface area contributed by atoms with Crippen LogP contribution in [-0.2, 0) is 6.54 Å². The van der Waals surface area contributed by atoms with E-state index < -0.39 is 0 Å². The summed E-state index contributed by atoms with van der Waals surface area (Å²) in [4.78, 5) is 0. The minimum atomic E-state index is 0.218. The van der Waals surface area contributed by atoms with Crippen LogP contribution < -0.4 is 10.1 Å². The first-order chi connectivity index (χ1) is 9.70. The van der Waals surface area contributed by atoms with Gasteiger partial charge in [0.2, 0.25) is 0 Å². The van der Waals surface area contributed by atoms with Gasteiger partial charge in [-0.15, -0.1) is 0 Å².